The maximum atomic E-state index is 13.2. The lowest BCUT2D eigenvalue weighted by Crippen LogP contribution is -2.20. The average Bonchev–Trinajstić information content (AvgIpc) is 2.81. The Morgan fingerprint density at radius 3 is 2.84 bits per heavy atom. The van der Waals surface area contributed by atoms with Crippen LogP contribution in [0.3, 0.4) is 0 Å². The smallest absolute Gasteiger partial charge is 0.183 e. The van der Waals surface area contributed by atoms with Gasteiger partial charge in [-0.05, 0) is 25.1 Å². The summed E-state index contributed by atoms with van der Waals surface area (Å²) >= 11 is 1.41. The number of hydrogen-bond donors (Lipinski definition) is 1. The molecule has 0 fully saturated rings. The number of benzene rings is 1. The predicted molar refractivity (Wildman–Crippen MR) is 72.4 cm³/mol. The van der Waals surface area contributed by atoms with Gasteiger partial charge in [0, 0.05) is 24.1 Å². The summed E-state index contributed by atoms with van der Waals surface area (Å²) in [5.41, 5.74) is 1.18. The van der Waals surface area contributed by atoms with Crippen LogP contribution in [0.25, 0.3) is 11.3 Å². The van der Waals surface area contributed by atoms with Gasteiger partial charge in [0.1, 0.15) is 0 Å². The van der Waals surface area contributed by atoms with E-state index in [1.165, 1.54) is 17.4 Å². The fourth-order valence-corrected chi connectivity index (χ4v) is 2.46. The zero-order chi connectivity index (χ0) is 13.8. The van der Waals surface area contributed by atoms with Gasteiger partial charge in [-0.1, -0.05) is 0 Å². The number of ether oxygens (including phenoxy) is 1. The first-order valence-corrected chi connectivity index (χ1v) is 6.64. The number of hydrogen-bond acceptors (Lipinski definition) is 4. The topological polar surface area (TPSA) is 34.1 Å². The second-order valence-corrected chi connectivity index (χ2v) is 5.03. The quantitative estimate of drug-likeness (QED) is 0.912. The predicted octanol–water partition coefficient (Wildman–Crippen LogP) is 3.54. The third kappa shape index (κ3) is 3.48. The SMILES string of the molecule is COCC(C)Nc1nc(-c2ccc(F)c(F)c2)cs1. The summed E-state index contributed by atoms with van der Waals surface area (Å²) in [7, 11) is 1.63. The maximum Gasteiger partial charge on any atom is 0.183 e. The third-order valence-corrected chi connectivity index (χ3v) is 3.28. The number of nitrogens with zero attached hydrogens (tertiary/aromatic N) is 1. The molecular weight excluding hydrogens is 270 g/mol. The van der Waals surface area contributed by atoms with Crippen molar-refractivity contribution in [3.05, 3.63) is 35.2 Å². The number of rotatable bonds is 5. The Hall–Kier alpha value is -1.53. The van der Waals surface area contributed by atoms with Crippen LogP contribution in [0, 0.1) is 11.6 Å². The fraction of sp³-hybridized carbons (Fsp3) is 0.308. The van der Waals surface area contributed by atoms with E-state index in [1.807, 2.05) is 6.92 Å². The standard InChI is InChI=1S/C13H14F2N2OS/c1-8(6-18-2)16-13-17-12(7-19-13)9-3-4-10(14)11(15)5-9/h3-5,7-8H,6H2,1-2H3,(H,16,17). The molecule has 1 unspecified atom stereocenters. The largest absolute Gasteiger partial charge is 0.383 e. The highest BCUT2D eigenvalue weighted by Crippen LogP contribution is 2.26. The molecule has 1 heterocycles. The van der Waals surface area contributed by atoms with Gasteiger partial charge in [-0.25, -0.2) is 13.8 Å². The molecule has 1 N–H and O–H groups in total. The van der Waals surface area contributed by atoms with E-state index in [4.69, 9.17) is 4.74 Å². The minimum atomic E-state index is -0.868. The minimum Gasteiger partial charge on any atom is -0.383 e. The maximum absolute atomic E-state index is 13.2. The molecule has 102 valence electrons. The minimum absolute atomic E-state index is 0.133. The van der Waals surface area contributed by atoms with Crippen molar-refractivity contribution in [2.75, 3.05) is 19.0 Å². The molecular formula is C13H14F2N2OS. The van der Waals surface area contributed by atoms with E-state index in [-0.39, 0.29) is 6.04 Å². The van der Waals surface area contributed by atoms with Gasteiger partial charge in [0.25, 0.3) is 0 Å². The van der Waals surface area contributed by atoms with E-state index in [9.17, 15) is 8.78 Å². The molecule has 0 amide bonds. The van der Waals surface area contributed by atoms with Crippen molar-refractivity contribution < 1.29 is 13.5 Å². The summed E-state index contributed by atoms with van der Waals surface area (Å²) in [6.45, 7) is 2.54. The Bertz CT molecular complexity index is 559. The van der Waals surface area contributed by atoms with Crippen molar-refractivity contribution in [2.45, 2.75) is 13.0 Å². The Labute approximate surface area is 114 Å². The lowest BCUT2D eigenvalue weighted by molar-refractivity contribution is 0.190. The summed E-state index contributed by atoms with van der Waals surface area (Å²) < 4.78 is 31.0. The first kappa shape index (κ1) is 13.9. The molecule has 2 rings (SSSR count). The highest BCUT2D eigenvalue weighted by Gasteiger charge is 2.09. The number of thiazole rings is 1. The molecule has 2 aromatic rings. The molecule has 0 saturated heterocycles. The Morgan fingerprint density at radius 1 is 1.37 bits per heavy atom. The second-order valence-electron chi connectivity index (χ2n) is 4.17. The van der Waals surface area contributed by atoms with Crippen molar-refractivity contribution >= 4 is 16.5 Å². The molecule has 0 aliphatic rings. The third-order valence-electron chi connectivity index (χ3n) is 2.51. The van der Waals surface area contributed by atoms with E-state index in [2.05, 4.69) is 10.3 Å². The van der Waals surface area contributed by atoms with Crippen LogP contribution in [0.1, 0.15) is 6.92 Å². The van der Waals surface area contributed by atoms with Crippen molar-refractivity contribution in [2.24, 2.45) is 0 Å². The van der Waals surface area contributed by atoms with Gasteiger partial charge in [-0.15, -0.1) is 11.3 Å². The molecule has 1 aromatic carbocycles. The Morgan fingerprint density at radius 2 is 2.16 bits per heavy atom. The van der Waals surface area contributed by atoms with Crippen LogP contribution in [0.4, 0.5) is 13.9 Å². The molecule has 0 aliphatic heterocycles. The summed E-state index contributed by atoms with van der Waals surface area (Å²) in [6.07, 6.45) is 0. The van der Waals surface area contributed by atoms with Crippen LogP contribution in [0.5, 0.6) is 0 Å². The highest BCUT2D eigenvalue weighted by atomic mass is 32.1. The zero-order valence-electron chi connectivity index (χ0n) is 10.6. The van der Waals surface area contributed by atoms with Crippen LogP contribution < -0.4 is 5.32 Å². The fourth-order valence-electron chi connectivity index (χ4n) is 1.63. The molecule has 3 nitrogen and oxygen atoms in total. The normalized spacial score (nSPS) is 12.4. The van der Waals surface area contributed by atoms with Crippen LogP contribution in [0.2, 0.25) is 0 Å². The van der Waals surface area contributed by atoms with Crippen molar-refractivity contribution in [1.29, 1.82) is 0 Å². The number of anilines is 1. The van der Waals surface area contributed by atoms with Gasteiger partial charge in [-0.3, -0.25) is 0 Å². The van der Waals surface area contributed by atoms with Gasteiger partial charge in [0.05, 0.1) is 12.3 Å². The lowest BCUT2D eigenvalue weighted by Gasteiger charge is -2.10. The van der Waals surface area contributed by atoms with E-state index in [0.29, 0.717) is 17.9 Å². The molecule has 0 spiro atoms. The molecule has 1 atom stereocenters. The molecule has 6 heteroatoms. The van der Waals surface area contributed by atoms with Crippen LogP contribution in [-0.4, -0.2) is 24.7 Å². The monoisotopic (exact) mass is 284 g/mol. The Balaban J connectivity index is 2.14. The molecule has 0 radical (unpaired) electrons. The molecule has 0 aliphatic carbocycles. The number of halogens is 2. The molecule has 0 saturated carbocycles. The first-order chi connectivity index (χ1) is 9.10. The van der Waals surface area contributed by atoms with Crippen LogP contribution in [0.15, 0.2) is 23.6 Å². The van der Waals surface area contributed by atoms with E-state index < -0.39 is 11.6 Å². The first-order valence-electron chi connectivity index (χ1n) is 5.76. The number of aromatic nitrogens is 1. The van der Waals surface area contributed by atoms with Gasteiger partial charge in [-0.2, -0.15) is 0 Å². The van der Waals surface area contributed by atoms with Crippen molar-refractivity contribution in [1.82, 2.24) is 4.98 Å². The Kier molecular flexibility index (Phi) is 4.44. The van der Waals surface area contributed by atoms with Gasteiger partial charge >= 0.3 is 0 Å². The van der Waals surface area contributed by atoms with E-state index >= 15 is 0 Å². The summed E-state index contributed by atoms with van der Waals surface area (Å²) in [5.74, 6) is -1.72. The second kappa shape index (κ2) is 6.08. The van der Waals surface area contributed by atoms with E-state index in [0.717, 1.165) is 17.3 Å². The van der Waals surface area contributed by atoms with Crippen LogP contribution >= 0.6 is 11.3 Å². The van der Waals surface area contributed by atoms with Gasteiger partial charge in [0.2, 0.25) is 0 Å². The number of nitrogens with one attached hydrogen (secondary N) is 1. The number of methoxy groups -OCH3 is 1. The lowest BCUT2D eigenvalue weighted by atomic mass is 10.2. The summed E-state index contributed by atoms with van der Waals surface area (Å²) in [5, 5.41) is 5.70. The summed E-state index contributed by atoms with van der Waals surface area (Å²) in [4.78, 5) is 4.34. The van der Waals surface area contributed by atoms with Crippen molar-refractivity contribution in [3.63, 3.8) is 0 Å². The van der Waals surface area contributed by atoms with Gasteiger partial charge in [0.15, 0.2) is 16.8 Å². The van der Waals surface area contributed by atoms with Gasteiger partial charge < -0.3 is 10.1 Å². The molecule has 0 bridgehead atoms. The van der Waals surface area contributed by atoms with E-state index in [1.54, 1.807) is 12.5 Å². The molecule has 1 aromatic heterocycles. The summed E-state index contributed by atoms with van der Waals surface area (Å²) in [6, 6.07) is 3.89. The average molecular weight is 284 g/mol. The van der Waals surface area contributed by atoms with Crippen LogP contribution in [-0.2, 0) is 4.74 Å². The highest BCUT2D eigenvalue weighted by molar-refractivity contribution is 7.14. The van der Waals surface area contributed by atoms with Crippen molar-refractivity contribution in [3.8, 4) is 11.3 Å². The zero-order valence-corrected chi connectivity index (χ0v) is 11.4. The molecule has 19 heavy (non-hydrogen) atoms.